The minimum atomic E-state index is 0.466. The molecule has 0 spiro atoms. The number of anilines is 2. The normalized spacial score (nSPS) is 11.3. The fourth-order valence-corrected chi connectivity index (χ4v) is 3.06. The van der Waals surface area contributed by atoms with Gasteiger partial charge in [-0.15, -0.1) is 11.3 Å². The van der Waals surface area contributed by atoms with E-state index in [1.54, 1.807) is 11.6 Å². The first-order valence-corrected chi connectivity index (χ1v) is 9.52. The van der Waals surface area contributed by atoms with Gasteiger partial charge in [0.25, 0.3) is 0 Å². The van der Waals surface area contributed by atoms with E-state index in [0.29, 0.717) is 17.6 Å². The Morgan fingerprint density at radius 3 is 2.85 bits per heavy atom. The maximum absolute atomic E-state index is 5.86. The Morgan fingerprint density at radius 2 is 2.08 bits per heavy atom. The Kier molecular flexibility index (Phi) is 6.40. The zero-order valence-electron chi connectivity index (χ0n) is 13.8. The average molecular weight is 429 g/mol. The molecule has 0 saturated carbocycles. The highest BCUT2D eigenvalue weighted by Crippen LogP contribution is 2.22. The van der Waals surface area contributed by atoms with Crippen LogP contribution >= 0.6 is 27.3 Å². The van der Waals surface area contributed by atoms with Gasteiger partial charge in [-0.1, -0.05) is 52.3 Å². The first-order chi connectivity index (χ1) is 12.7. The lowest BCUT2D eigenvalue weighted by Crippen LogP contribution is -1.98. The third kappa shape index (κ3) is 5.44. The average Bonchev–Trinajstić information content (AvgIpc) is 3.06. The molecule has 0 aliphatic rings. The summed E-state index contributed by atoms with van der Waals surface area (Å²) in [6.07, 6.45) is 5.70. The van der Waals surface area contributed by atoms with Gasteiger partial charge in [0.15, 0.2) is 0 Å². The Hall–Kier alpha value is -2.64. The van der Waals surface area contributed by atoms with Crippen LogP contribution in [0.15, 0.2) is 69.6 Å². The lowest BCUT2D eigenvalue weighted by Gasteiger charge is -2.07. The highest BCUT2D eigenvalue weighted by Gasteiger charge is 2.03. The van der Waals surface area contributed by atoms with Crippen LogP contribution in [-0.2, 0) is 0 Å². The van der Waals surface area contributed by atoms with E-state index >= 15 is 0 Å². The largest absolute Gasteiger partial charge is 0.489 e. The second kappa shape index (κ2) is 9.17. The quantitative estimate of drug-likeness (QED) is 0.408. The minimum Gasteiger partial charge on any atom is -0.489 e. The van der Waals surface area contributed by atoms with E-state index < -0.39 is 0 Å². The number of thiazole rings is 1. The van der Waals surface area contributed by atoms with E-state index in [1.807, 2.05) is 60.7 Å². The molecule has 0 bridgehead atoms. The number of hydrogen-bond donors (Lipinski definition) is 2. The summed E-state index contributed by atoms with van der Waals surface area (Å²) in [5.74, 6) is 1.22. The highest BCUT2D eigenvalue weighted by molar-refractivity contribution is 9.10. The van der Waals surface area contributed by atoms with Crippen LogP contribution in [0.25, 0.3) is 6.08 Å². The molecule has 0 amide bonds. The molecule has 1 aromatic heterocycles. The maximum atomic E-state index is 5.86. The van der Waals surface area contributed by atoms with E-state index in [-0.39, 0.29) is 0 Å². The summed E-state index contributed by atoms with van der Waals surface area (Å²) in [6.45, 7) is 0.466. The molecule has 1 heterocycles. The summed E-state index contributed by atoms with van der Waals surface area (Å²) in [4.78, 5) is 4.09. The van der Waals surface area contributed by atoms with Crippen molar-refractivity contribution in [1.29, 1.82) is 0 Å². The number of nitrogens with two attached hydrogens (primary N) is 1. The van der Waals surface area contributed by atoms with Crippen LogP contribution in [0.4, 0.5) is 10.9 Å². The van der Waals surface area contributed by atoms with Crippen LogP contribution in [0.2, 0.25) is 0 Å². The summed E-state index contributed by atoms with van der Waals surface area (Å²) >= 11 is 4.87. The number of halogens is 1. The van der Waals surface area contributed by atoms with Gasteiger partial charge in [-0.2, -0.15) is 5.10 Å². The number of nitrogens with one attached hydrogen (secondary N) is 1. The Morgan fingerprint density at radius 1 is 1.23 bits per heavy atom. The molecule has 3 aromatic rings. The Balaban J connectivity index is 1.62. The van der Waals surface area contributed by atoms with Crippen LogP contribution in [-0.4, -0.2) is 17.8 Å². The molecule has 26 heavy (non-hydrogen) atoms. The molecule has 0 saturated heterocycles. The van der Waals surface area contributed by atoms with E-state index in [4.69, 9.17) is 10.5 Å². The fraction of sp³-hybridized carbons (Fsp3) is 0.0526. The highest BCUT2D eigenvalue weighted by atomic mass is 79.9. The zero-order chi connectivity index (χ0) is 18.2. The number of aromatic nitrogens is 1. The molecule has 0 fully saturated rings. The van der Waals surface area contributed by atoms with Crippen LogP contribution < -0.4 is 15.9 Å². The molecule has 2 aromatic carbocycles. The zero-order valence-corrected chi connectivity index (χ0v) is 16.2. The predicted molar refractivity (Wildman–Crippen MR) is 113 cm³/mol. The number of nitrogens with zero attached hydrogens (tertiary/aromatic N) is 2. The molecular weight excluding hydrogens is 412 g/mol. The SMILES string of the molecule is Nc1csc(NN=Cc2cc(Br)ccc2OCC=Cc2ccccc2)n1. The third-order valence-corrected chi connectivity index (χ3v) is 4.56. The van der Waals surface area contributed by atoms with Gasteiger partial charge in [-0.05, 0) is 29.8 Å². The predicted octanol–water partition coefficient (Wildman–Crippen LogP) is 5.03. The van der Waals surface area contributed by atoms with Crippen molar-refractivity contribution in [2.24, 2.45) is 5.10 Å². The molecule has 5 nitrogen and oxygen atoms in total. The van der Waals surface area contributed by atoms with Gasteiger partial charge in [0.1, 0.15) is 18.2 Å². The maximum Gasteiger partial charge on any atom is 0.205 e. The number of hydrogen-bond acceptors (Lipinski definition) is 6. The van der Waals surface area contributed by atoms with Crippen molar-refractivity contribution in [1.82, 2.24) is 4.98 Å². The van der Waals surface area contributed by atoms with Gasteiger partial charge in [-0.3, -0.25) is 5.43 Å². The van der Waals surface area contributed by atoms with Crippen molar-refractivity contribution < 1.29 is 4.74 Å². The fourth-order valence-electron chi connectivity index (χ4n) is 2.13. The topological polar surface area (TPSA) is 72.5 Å². The van der Waals surface area contributed by atoms with E-state index in [2.05, 4.69) is 31.4 Å². The third-order valence-electron chi connectivity index (χ3n) is 3.30. The molecule has 0 aliphatic heterocycles. The number of ether oxygens (including phenoxy) is 1. The van der Waals surface area contributed by atoms with E-state index in [0.717, 1.165) is 21.3 Å². The first kappa shape index (κ1) is 18.2. The van der Waals surface area contributed by atoms with Crippen molar-refractivity contribution in [3.05, 3.63) is 75.6 Å². The van der Waals surface area contributed by atoms with Crippen molar-refractivity contribution in [2.75, 3.05) is 17.8 Å². The Bertz CT molecular complexity index is 909. The van der Waals surface area contributed by atoms with Crippen LogP contribution in [0.3, 0.4) is 0 Å². The van der Waals surface area contributed by atoms with Crippen molar-refractivity contribution >= 4 is 50.5 Å². The van der Waals surface area contributed by atoms with Gasteiger partial charge >= 0.3 is 0 Å². The molecule has 3 N–H and O–H groups in total. The van der Waals surface area contributed by atoms with Crippen molar-refractivity contribution in [3.63, 3.8) is 0 Å². The summed E-state index contributed by atoms with van der Waals surface area (Å²) in [5.41, 5.74) is 10.4. The van der Waals surface area contributed by atoms with E-state index in [9.17, 15) is 0 Å². The second-order valence-corrected chi connectivity index (χ2v) is 7.03. The number of rotatable bonds is 7. The standard InChI is InChI=1S/C19H17BrN4OS/c20-16-8-9-17(25-10-4-7-14-5-2-1-3-6-14)15(11-16)12-22-24-19-23-18(21)13-26-19/h1-9,11-13H,10,21H2,(H,23,24). The van der Waals surface area contributed by atoms with Gasteiger partial charge in [0, 0.05) is 15.4 Å². The van der Waals surface area contributed by atoms with Gasteiger partial charge in [0.2, 0.25) is 5.13 Å². The molecule has 132 valence electrons. The molecule has 0 radical (unpaired) electrons. The second-order valence-electron chi connectivity index (χ2n) is 5.25. The van der Waals surface area contributed by atoms with E-state index in [1.165, 1.54) is 11.3 Å². The minimum absolute atomic E-state index is 0.466. The summed E-state index contributed by atoms with van der Waals surface area (Å²) in [5, 5.41) is 6.60. The van der Waals surface area contributed by atoms with Crippen molar-refractivity contribution in [3.8, 4) is 5.75 Å². The molecule has 7 heteroatoms. The molecule has 3 rings (SSSR count). The first-order valence-electron chi connectivity index (χ1n) is 7.85. The summed E-state index contributed by atoms with van der Waals surface area (Å²) < 4.78 is 6.81. The van der Waals surface area contributed by atoms with Crippen LogP contribution in [0, 0.1) is 0 Å². The van der Waals surface area contributed by atoms with Gasteiger partial charge < -0.3 is 10.5 Å². The number of benzene rings is 2. The van der Waals surface area contributed by atoms with Crippen LogP contribution in [0.5, 0.6) is 5.75 Å². The lowest BCUT2D eigenvalue weighted by molar-refractivity contribution is 0.363. The molecular formula is C19H17BrN4OS. The Labute approximate surface area is 164 Å². The van der Waals surface area contributed by atoms with Gasteiger partial charge in [-0.25, -0.2) is 4.98 Å². The smallest absolute Gasteiger partial charge is 0.205 e. The molecule has 0 unspecified atom stereocenters. The van der Waals surface area contributed by atoms with Crippen LogP contribution in [0.1, 0.15) is 11.1 Å². The number of nitrogen functional groups attached to an aromatic ring is 1. The van der Waals surface area contributed by atoms with Crippen molar-refractivity contribution in [2.45, 2.75) is 0 Å². The molecule has 0 atom stereocenters. The summed E-state index contributed by atoms with van der Waals surface area (Å²) in [7, 11) is 0. The summed E-state index contributed by atoms with van der Waals surface area (Å²) in [6, 6.07) is 15.9. The molecule has 0 aliphatic carbocycles. The lowest BCUT2D eigenvalue weighted by atomic mass is 10.2. The number of hydrazone groups is 1. The van der Waals surface area contributed by atoms with Gasteiger partial charge in [0.05, 0.1) is 6.21 Å². The monoisotopic (exact) mass is 428 g/mol.